The van der Waals surface area contributed by atoms with Crippen molar-refractivity contribution in [3.05, 3.63) is 47.3 Å². The molecule has 0 bridgehead atoms. The molecule has 1 aromatic carbocycles. The number of aromatic carboxylic acids is 1. The van der Waals surface area contributed by atoms with E-state index in [1.165, 1.54) is 0 Å². The number of aromatic nitrogens is 1. The van der Waals surface area contributed by atoms with E-state index in [1.54, 1.807) is 0 Å². The largest absolute Gasteiger partial charge is 0.492 e. The fourth-order valence-corrected chi connectivity index (χ4v) is 1.61. The molecular weight excluding hydrogens is 276 g/mol. The second kappa shape index (κ2) is 6.56. The van der Waals surface area contributed by atoms with Crippen molar-refractivity contribution in [1.82, 2.24) is 10.5 Å². The van der Waals surface area contributed by atoms with Crippen LogP contribution in [0.5, 0.6) is 5.75 Å². The summed E-state index contributed by atoms with van der Waals surface area (Å²) < 4.78 is 9.96. The van der Waals surface area contributed by atoms with Crippen molar-refractivity contribution in [2.24, 2.45) is 0 Å². The van der Waals surface area contributed by atoms with Crippen molar-refractivity contribution in [2.75, 3.05) is 13.2 Å². The molecule has 0 aliphatic heterocycles. The standard InChI is InChI=1S/C14H14N2O5/c1-9-3-2-4-10(7-9)20-6-5-15-13(17)11-8-12(14(18)19)21-16-11/h2-4,7-8H,5-6H2,1H3,(H,15,17)(H,18,19). The van der Waals surface area contributed by atoms with E-state index in [1.807, 2.05) is 31.2 Å². The molecule has 0 radical (unpaired) electrons. The molecule has 1 aromatic heterocycles. The van der Waals surface area contributed by atoms with Crippen molar-refractivity contribution in [1.29, 1.82) is 0 Å². The van der Waals surface area contributed by atoms with E-state index in [4.69, 9.17) is 9.84 Å². The number of carbonyl (C=O) groups is 2. The molecule has 110 valence electrons. The lowest BCUT2D eigenvalue weighted by Gasteiger charge is -2.07. The van der Waals surface area contributed by atoms with E-state index in [9.17, 15) is 9.59 Å². The van der Waals surface area contributed by atoms with Crippen molar-refractivity contribution < 1.29 is 24.0 Å². The molecule has 2 rings (SSSR count). The quantitative estimate of drug-likeness (QED) is 0.781. The molecule has 0 saturated heterocycles. The molecule has 0 saturated carbocycles. The number of nitrogens with one attached hydrogen (secondary N) is 1. The van der Waals surface area contributed by atoms with Gasteiger partial charge in [-0.05, 0) is 24.6 Å². The zero-order chi connectivity index (χ0) is 15.2. The van der Waals surface area contributed by atoms with Gasteiger partial charge in [-0.1, -0.05) is 17.3 Å². The average Bonchev–Trinajstić information content (AvgIpc) is 2.93. The maximum Gasteiger partial charge on any atom is 0.374 e. The summed E-state index contributed by atoms with van der Waals surface area (Å²) in [6, 6.07) is 8.62. The summed E-state index contributed by atoms with van der Waals surface area (Å²) in [6.45, 7) is 2.51. The van der Waals surface area contributed by atoms with Crippen LogP contribution in [0.15, 0.2) is 34.9 Å². The summed E-state index contributed by atoms with van der Waals surface area (Å²) in [5.74, 6) is -1.45. The number of carbonyl (C=O) groups excluding carboxylic acids is 1. The van der Waals surface area contributed by atoms with Crippen LogP contribution in [0.3, 0.4) is 0 Å². The van der Waals surface area contributed by atoms with Gasteiger partial charge < -0.3 is 19.7 Å². The van der Waals surface area contributed by atoms with Crippen LogP contribution in [0.1, 0.15) is 26.6 Å². The highest BCUT2D eigenvalue weighted by molar-refractivity contribution is 5.94. The third-order valence-electron chi connectivity index (χ3n) is 2.60. The predicted molar refractivity (Wildman–Crippen MR) is 72.5 cm³/mol. The van der Waals surface area contributed by atoms with E-state index in [0.717, 1.165) is 17.4 Å². The number of aryl methyl sites for hydroxylation is 1. The molecule has 0 unspecified atom stereocenters. The molecule has 7 heteroatoms. The topological polar surface area (TPSA) is 102 Å². The molecule has 1 amide bonds. The number of rotatable bonds is 6. The summed E-state index contributed by atoms with van der Waals surface area (Å²) in [4.78, 5) is 22.3. The van der Waals surface area contributed by atoms with Gasteiger partial charge in [0.15, 0.2) is 5.69 Å². The zero-order valence-electron chi connectivity index (χ0n) is 11.3. The average molecular weight is 290 g/mol. The van der Waals surface area contributed by atoms with Crippen molar-refractivity contribution in [2.45, 2.75) is 6.92 Å². The molecule has 0 aliphatic rings. The van der Waals surface area contributed by atoms with Gasteiger partial charge in [0.1, 0.15) is 12.4 Å². The molecule has 1 heterocycles. The predicted octanol–water partition coefficient (Wildman–Crippen LogP) is 1.49. The Labute approximate surface area is 120 Å². The first kappa shape index (κ1) is 14.6. The third-order valence-corrected chi connectivity index (χ3v) is 2.60. The molecule has 21 heavy (non-hydrogen) atoms. The Morgan fingerprint density at radius 2 is 2.19 bits per heavy atom. The Bertz CT molecular complexity index is 650. The molecule has 2 aromatic rings. The highest BCUT2D eigenvalue weighted by Crippen LogP contribution is 2.11. The molecular formula is C14H14N2O5. The van der Waals surface area contributed by atoms with Crippen molar-refractivity contribution in [3.8, 4) is 5.75 Å². The Kier molecular flexibility index (Phi) is 4.55. The highest BCUT2D eigenvalue weighted by Gasteiger charge is 2.15. The maximum atomic E-state index is 11.7. The molecule has 0 aliphatic carbocycles. The van der Waals surface area contributed by atoms with Gasteiger partial charge >= 0.3 is 5.97 Å². The van der Waals surface area contributed by atoms with Crippen LogP contribution in [-0.2, 0) is 0 Å². The van der Waals surface area contributed by atoms with E-state index >= 15 is 0 Å². The van der Waals surface area contributed by atoms with E-state index in [0.29, 0.717) is 6.61 Å². The van der Waals surface area contributed by atoms with Crippen LogP contribution >= 0.6 is 0 Å². The van der Waals surface area contributed by atoms with Crippen molar-refractivity contribution >= 4 is 11.9 Å². The first-order valence-corrected chi connectivity index (χ1v) is 6.24. The number of carboxylic acid groups (broad SMARTS) is 1. The molecule has 0 fully saturated rings. The van der Waals surface area contributed by atoms with Crippen LogP contribution in [-0.4, -0.2) is 35.3 Å². The molecule has 7 nitrogen and oxygen atoms in total. The lowest BCUT2D eigenvalue weighted by Crippen LogP contribution is -2.28. The minimum atomic E-state index is -1.27. The second-order valence-corrected chi connectivity index (χ2v) is 4.30. The Balaban J connectivity index is 1.77. The number of benzene rings is 1. The van der Waals surface area contributed by atoms with E-state index in [2.05, 4.69) is 15.0 Å². The van der Waals surface area contributed by atoms with Gasteiger partial charge in [-0.15, -0.1) is 0 Å². The lowest BCUT2D eigenvalue weighted by atomic mass is 10.2. The van der Waals surface area contributed by atoms with Crippen LogP contribution in [0, 0.1) is 6.92 Å². The summed E-state index contributed by atoms with van der Waals surface area (Å²) >= 11 is 0. The minimum absolute atomic E-state index is 0.0806. The van der Waals surface area contributed by atoms with Gasteiger partial charge in [0.2, 0.25) is 5.76 Å². The Morgan fingerprint density at radius 3 is 2.86 bits per heavy atom. The first-order valence-electron chi connectivity index (χ1n) is 6.24. The number of ether oxygens (including phenoxy) is 1. The van der Waals surface area contributed by atoms with Gasteiger partial charge in [-0.25, -0.2) is 4.79 Å². The number of hydrogen-bond acceptors (Lipinski definition) is 5. The number of nitrogens with zero attached hydrogens (tertiary/aromatic N) is 1. The van der Waals surface area contributed by atoms with Gasteiger partial charge in [-0.2, -0.15) is 0 Å². The van der Waals surface area contributed by atoms with Crippen LogP contribution in [0.2, 0.25) is 0 Å². The highest BCUT2D eigenvalue weighted by atomic mass is 16.5. The summed E-state index contributed by atoms with van der Waals surface area (Å²) in [5.41, 5.74) is 1.00. The summed E-state index contributed by atoms with van der Waals surface area (Å²) in [7, 11) is 0. The van der Waals surface area contributed by atoms with Gasteiger partial charge in [0, 0.05) is 6.07 Å². The van der Waals surface area contributed by atoms with E-state index < -0.39 is 11.9 Å². The van der Waals surface area contributed by atoms with Crippen LogP contribution in [0.4, 0.5) is 0 Å². The second-order valence-electron chi connectivity index (χ2n) is 4.30. The minimum Gasteiger partial charge on any atom is -0.492 e. The third kappa shape index (κ3) is 4.07. The zero-order valence-corrected chi connectivity index (χ0v) is 11.3. The maximum absolute atomic E-state index is 11.7. The fraction of sp³-hybridized carbons (Fsp3) is 0.214. The molecule has 2 N–H and O–H groups in total. The SMILES string of the molecule is Cc1cccc(OCCNC(=O)c2cc(C(=O)O)on2)c1. The number of carboxylic acids is 1. The Hall–Kier alpha value is -2.83. The van der Waals surface area contributed by atoms with Crippen LogP contribution in [0.25, 0.3) is 0 Å². The summed E-state index contributed by atoms with van der Waals surface area (Å²) in [6.07, 6.45) is 0. The first-order chi connectivity index (χ1) is 10.1. The smallest absolute Gasteiger partial charge is 0.374 e. The van der Waals surface area contributed by atoms with Gasteiger partial charge in [0.25, 0.3) is 5.91 Å². The molecule has 0 spiro atoms. The lowest BCUT2D eigenvalue weighted by molar-refractivity contribution is 0.0651. The number of hydrogen-bond donors (Lipinski definition) is 2. The van der Waals surface area contributed by atoms with E-state index in [-0.39, 0.29) is 18.0 Å². The number of amides is 1. The van der Waals surface area contributed by atoms with Crippen molar-refractivity contribution in [3.63, 3.8) is 0 Å². The fourth-order valence-electron chi connectivity index (χ4n) is 1.61. The normalized spacial score (nSPS) is 10.1. The van der Waals surface area contributed by atoms with Gasteiger partial charge in [0.05, 0.1) is 6.54 Å². The van der Waals surface area contributed by atoms with Crippen LogP contribution < -0.4 is 10.1 Å². The van der Waals surface area contributed by atoms with Gasteiger partial charge in [-0.3, -0.25) is 4.79 Å². The molecule has 0 atom stereocenters. The monoisotopic (exact) mass is 290 g/mol. The Morgan fingerprint density at radius 1 is 1.38 bits per heavy atom. The summed E-state index contributed by atoms with van der Waals surface area (Å²) in [5, 5.41) is 14.6.